The van der Waals surface area contributed by atoms with E-state index in [1.54, 1.807) is 18.5 Å². The molecule has 1 unspecified atom stereocenters. The molecule has 1 atom stereocenters. The molecule has 0 radical (unpaired) electrons. The lowest BCUT2D eigenvalue weighted by molar-refractivity contribution is 0.0395. The molecule has 0 aromatic carbocycles. The Labute approximate surface area is 163 Å². The fourth-order valence-electron chi connectivity index (χ4n) is 3.33. The van der Waals surface area contributed by atoms with Crippen LogP contribution in [0, 0.1) is 0 Å². The van der Waals surface area contributed by atoms with Crippen molar-refractivity contribution in [3.63, 3.8) is 0 Å². The van der Waals surface area contributed by atoms with Crippen molar-refractivity contribution in [3.8, 4) is 11.4 Å². The molecule has 29 heavy (non-hydrogen) atoms. The van der Waals surface area contributed by atoms with E-state index >= 15 is 0 Å². The number of halogens is 2. The first-order valence-corrected chi connectivity index (χ1v) is 8.99. The maximum Gasteiger partial charge on any atom is 0.282 e. The van der Waals surface area contributed by atoms with Gasteiger partial charge in [-0.05, 0) is 12.1 Å². The van der Waals surface area contributed by atoms with E-state index in [2.05, 4.69) is 35.1 Å². The van der Waals surface area contributed by atoms with Gasteiger partial charge in [-0.25, -0.2) is 28.2 Å². The van der Waals surface area contributed by atoms with Gasteiger partial charge in [0.2, 0.25) is 0 Å². The molecule has 0 saturated carbocycles. The minimum Gasteiger partial charge on any atom is -0.370 e. The van der Waals surface area contributed by atoms with Gasteiger partial charge in [0.25, 0.3) is 6.43 Å². The van der Waals surface area contributed by atoms with Crippen molar-refractivity contribution in [2.45, 2.75) is 12.5 Å². The number of nitrogens with zero attached hydrogens (tertiary/aromatic N) is 7. The van der Waals surface area contributed by atoms with Crippen LogP contribution in [0.25, 0.3) is 17.0 Å². The van der Waals surface area contributed by atoms with Crippen LogP contribution in [0.4, 0.5) is 14.6 Å². The molecule has 1 fully saturated rings. The number of imidazole rings is 1. The molecule has 4 aromatic rings. The van der Waals surface area contributed by atoms with Gasteiger partial charge in [0.05, 0.1) is 24.7 Å². The Balaban J connectivity index is 1.47. The lowest BCUT2D eigenvalue weighted by Gasteiger charge is -2.33. The summed E-state index contributed by atoms with van der Waals surface area (Å²) in [5, 5.41) is 10.8. The van der Waals surface area contributed by atoms with E-state index in [-0.39, 0.29) is 11.8 Å². The second-order valence-electron chi connectivity index (χ2n) is 6.57. The molecule has 9 nitrogen and oxygen atoms in total. The van der Waals surface area contributed by atoms with Gasteiger partial charge in [-0.3, -0.25) is 5.10 Å². The minimum atomic E-state index is -2.66. The molecule has 11 heteroatoms. The van der Waals surface area contributed by atoms with Gasteiger partial charge < -0.3 is 9.64 Å². The van der Waals surface area contributed by atoms with Gasteiger partial charge in [-0.2, -0.15) is 10.2 Å². The number of rotatable bonds is 4. The van der Waals surface area contributed by atoms with Crippen LogP contribution in [0.15, 0.2) is 43.1 Å². The normalized spacial score (nSPS) is 17.3. The van der Waals surface area contributed by atoms with Crippen molar-refractivity contribution in [2.24, 2.45) is 0 Å². The second-order valence-corrected chi connectivity index (χ2v) is 6.57. The van der Waals surface area contributed by atoms with Crippen molar-refractivity contribution < 1.29 is 13.5 Å². The fourth-order valence-corrected chi connectivity index (χ4v) is 3.33. The number of fused-ring (bicyclic) bond motifs is 1. The molecule has 4 aromatic heterocycles. The highest BCUT2D eigenvalue weighted by Crippen LogP contribution is 2.27. The number of alkyl halides is 2. The van der Waals surface area contributed by atoms with Gasteiger partial charge >= 0.3 is 0 Å². The number of nitrogens with one attached hydrogen (secondary N) is 1. The molecule has 0 spiro atoms. The fraction of sp³-hybridized carbons (Fsp3) is 0.278. The SMILES string of the molecule is FC(F)c1ccc2ncc(-c3cc(N4CCOC(c5cn[nH]c5)C4)ncn3)n2n1. The van der Waals surface area contributed by atoms with E-state index in [4.69, 9.17) is 4.74 Å². The summed E-state index contributed by atoms with van der Waals surface area (Å²) >= 11 is 0. The lowest BCUT2D eigenvalue weighted by Crippen LogP contribution is -2.38. The Kier molecular flexibility index (Phi) is 4.35. The van der Waals surface area contributed by atoms with Crippen LogP contribution in [0.3, 0.4) is 0 Å². The number of hydrogen-bond acceptors (Lipinski definition) is 7. The van der Waals surface area contributed by atoms with E-state index in [1.807, 2.05) is 6.20 Å². The molecular formula is C18H16F2N8O. The van der Waals surface area contributed by atoms with Gasteiger partial charge in [0, 0.05) is 30.9 Å². The van der Waals surface area contributed by atoms with Crippen molar-refractivity contribution in [2.75, 3.05) is 24.6 Å². The third-order valence-corrected chi connectivity index (χ3v) is 4.80. The average Bonchev–Trinajstić information content (AvgIpc) is 3.43. The molecule has 0 aliphatic carbocycles. The zero-order valence-corrected chi connectivity index (χ0v) is 15.1. The Hall–Kier alpha value is -3.47. The average molecular weight is 398 g/mol. The first-order valence-electron chi connectivity index (χ1n) is 8.99. The van der Waals surface area contributed by atoms with Crippen LogP contribution in [0.2, 0.25) is 0 Å². The van der Waals surface area contributed by atoms with Gasteiger partial charge in [0.1, 0.15) is 29.6 Å². The number of H-pyrrole nitrogens is 1. The summed E-state index contributed by atoms with van der Waals surface area (Å²) in [7, 11) is 0. The van der Waals surface area contributed by atoms with Crippen LogP contribution in [-0.4, -0.2) is 54.5 Å². The lowest BCUT2D eigenvalue weighted by atomic mass is 10.1. The van der Waals surface area contributed by atoms with Crippen molar-refractivity contribution in [3.05, 3.63) is 54.4 Å². The maximum absolute atomic E-state index is 13.0. The smallest absolute Gasteiger partial charge is 0.282 e. The Morgan fingerprint density at radius 3 is 2.93 bits per heavy atom. The maximum atomic E-state index is 13.0. The molecule has 148 valence electrons. The molecule has 5 heterocycles. The van der Waals surface area contributed by atoms with E-state index in [0.717, 1.165) is 5.56 Å². The largest absolute Gasteiger partial charge is 0.370 e. The molecule has 1 N–H and O–H groups in total. The number of ether oxygens (including phenoxy) is 1. The molecule has 0 bridgehead atoms. The van der Waals surface area contributed by atoms with Gasteiger partial charge in [-0.15, -0.1) is 0 Å². The first-order chi connectivity index (χ1) is 14.2. The van der Waals surface area contributed by atoms with E-state index in [9.17, 15) is 8.78 Å². The highest BCUT2D eigenvalue weighted by molar-refractivity contribution is 5.62. The third-order valence-electron chi connectivity index (χ3n) is 4.80. The van der Waals surface area contributed by atoms with Crippen LogP contribution < -0.4 is 4.90 Å². The summed E-state index contributed by atoms with van der Waals surface area (Å²) in [6, 6.07) is 4.58. The van der Waals surface area contributed by atoms with E-state index in [0.29, 0.717) is 42.5 Å². The van der Waals surface area contributed by atoms with E-state index in [1.165, 1.54) is 23.0 Å². The minimum absolute atomic E-state index is 0.119. The van der Waals surface area contributed by atoms with Crippen molar-refractivity contribution in [1.29, 1.82) is 0 Å². The molecular weight excluding hydrogens is 382 g/mol. The monoisotopic (exact) mass is 398 g/mol. The summed E-state index contributed by atoms with van der Waals surface area (Å²) in [4.78, 5) is 15.0. The predicted octanol–water partition coefficient (Wildman–Crippen LogP) is 2.42. The number of aromatic nitrogens is 7. The topological polar surface area (TPSA) is 97.1 Å². The molecule has 5 rings (SSSR count). The predicted molar refractivity (Wildman–Crippen MR) is 98.5 cm³/mol. The standard InChI is InChI=1S/C18H16F2N8O/c19-18(20)12-1-2-16-21-8-14(28(16)26-12)13-5-17(23-10-22-13)27-3-4-29-15(9-27)11-6-24-25-7-11/h1-2,5-8,10,15,18H,3-4,9H2,(H,24,25). The van der Waals surface area contributed by atoms with Crippen LogP contribution in [0.1, 0.15) is 23.8 Å². The Bertz CT molecular complexity index is 1130. The number of anilines is 1. The molecule has 0 amide bonds. The van der Waals surface area contributed by atoms with E-state index < -0.39 is 6.43 Å². The summed E-state index contributed by atoms with van der Waals surface area (Å²) in [6.45, 7) is 1.83. The zero-order chi connectivity index (χ0) is 19.8. The number of aromatic amines is 1. The van der Waals surface area contributed by atoms with Crippen LogP contribution >= 0.6 is 0 Å². The summed E-state index contributed by atoms with van der Waals surface area (Å²) in [5.74, 6) is 0.715. The second kappa shape index (κ2) is 7.17. The number of morpholine rings is 1. The van der Waals surface area contributed by atoms with Crippen molar-refractivity contribution in [1.82, 2.24) is 34.8 Å². The van der Waals surface area contributed by atoms with Crippen molar-refractivity contribution >= 4 is 11.5 Å². The molecule has 1 aliphatic heterocycles. The quantitative estimate of drug-likeness (QED) is 0.564. The summed E-state index contributed by atoms with van der Waals surface area (Å²) in [6.07, 6.45) is 3.78. The van der Waals surface area contributed by atoms with Gasteiger partial charge in [0.15, 0.2) is 5.65 Å². The van der Waals surface area contributed by atoms with Gasteiger partial charge in [-0.1, -0.05) is 0 Å². The van der Waals surface area contributed by atoms with Crippen LogP contribution in [0.5, 0.6) is 0 Å². The third kappa shape index (κ3) is 3.29. The number of hydrogen-bond donors (Lipinski definition) is 1. The highest BCUT2D eigenvalue weighted by atomic mass is 19.3. The summed E-state index contributed by atoms with van der Waals surface area (Å²) < 4.78 is 33.3. The first kappa shape index (κ1) is 17.6. The highest BCUT2D eigenvalue weighted by Gasteiger charge is 2.24. The summed E-state index contributed by atoms with van der Waals surface area (Å²) in [5.41, 5.74) is 2.19. The van der Waals surface area contributed by atoms with Crippen LogP contribution in [-0.2, 0) is 4.74 Å². The Morgan fingerprint density at radius 2 is 2.10 bits per heavy atom. The molecule has 1 saturated heterocycles. The Morgan fingerprint density at radius 1 is 1.17 bits per heavy atom. The molecule has 1 aliphatic rings. The zero-order valence-electron chi connectivity index (χ0n) is 15.1.